The maximum atomic E-state index is 11.8. The first-order valence-corrected chi connectivity index (χ1v) is 4.82. The van der Waals surface area contributed by atoms with Gasteiger partial charge in [0, 0.05) is 12.3 Å². The number of aromatic nitrogens is 1. The van der Waals surface area contributed by atoms with Crippen LogP contribution in [0, 0.1) is 3.70 Å². The van der Waals surface area contributed by atoms with Gasteiger partial charge in [-0.25, -0.2) is 4.98 Å². The first-order chi connectivity index (χ1) is 5.88. The number of halogens is 5. The van der Waals surface area contributed by atoms with E-state index in [1.165, 1.54) is 12.3 Å². The highest BCUT2D eigenvalue weighted by Crippen LogP contribution is 2.30. The van der Waals surface area contributed by atoms with Crippen molar-refractivity contribution in [1.82, 2.24) is 4.98 Å². The van der Waals surface area contributed by atoms with Crippen LogP contribution in [-0.2, 0) is 0 Å². The predicted octanol–water partition coefficient (Wildman–Crippen LogP) is 3.35. The smallest absolute Gasteiger partial charge is 0.404 e. The number of pyridine rings is 1. The Hall–Kier alpha value is -0.0500. The Labute approximate surface area is 93.8 Å². The molecule has 0 aliphatic rings. The molecule has 1 aromatic rings. The minimum Gasteiger partial charge on any atom is -0.404 e. The van der Waals surface area contributed by atoms with Gasteiger partial charge in [0.05, 0.1) is 4.47 Å². The van der Waals surface area contributed by atoms with E-state index in [-0.39, 0.29) is 10.2 Å². The summed E-state index contributed by atoms with van der Waals surface area (Å²) in [5, 5.41) is 0. The van der Waals surface area contributed by atoms with Gasteiger partial charge in [0.2, 0.25) is 0 Å². The zero-order valence-corrected chi connectivity index (χ0v) is 9.64. The lowest BCUT2D eigenvalue weighted by atomic mass is 10.5. The van der Waals surface area contributed by atoms with Gasteiger partial charge in [0.1, 0.15) is 9.45 Å². The van der Waals surface area contributed by atoms with Gasteiger partial charge in [-0.05, 0) is 38.5 Å². The Balaban J connectivity index is 2.94. The normalized spacial score (nSPS) is 11.5. The summed E-state index contributed by atoms with van der Waals surface area (Å²) in [7, 11) is 0. The number of hydrogen-bond donors (Lipinski definition) is 0. The molecule has 0 fully saturated rings. The van der Waals surface area contributed by atoms with Gasteiger partial charge in [-0.3, -0.25) is 0 Å². The first kappa shape index (κ1) is 11.0. The van der Waals surface area contributed by atoms with Crippen molar-refractivity contribution in [2.45, 2.75) is 6.36 Å². The molecule has 0 saturated carbocycles. The highest BCUT2D eigenvalue weighted by Gasteiger charge is 2.32. The van der Waals surface area contributed by atoms with E-state index >= 15 is 0 Å². The third-order valence-corrected chi connectivity index (χ3v) is 2.20. The number of ether oxygens (including phenoxy) is 1. The van der Waals surface area contributed by atoms with E-state index in [1.54, 1.807) is 22.6 Å². The van der Waals surface area contributed by atoms with Crippen LogP contribution in [-0.4, -0.2) is 11.3 Å². The average molecular weight is 368 g/mol. The predicted molar refractivity (Wildman–Crippen MR) is 51.3 cm³/mol. The van der Waals surface area contributed by atoms with Crippen LogP contribution in [0.4, 0.5) is 13.2 Å². The number of alkyl halides is 3. The molecule has 2 nitrogen and oxygen atoms in total. The zero-order valence-electron chi connectivity index (χ0n) is 5.90. The van der Waals surface area contributed by atoms with E-state index < -0.39 is 6.36 Å². The molecule has 1 heterocycles. The van der Waals surface area contributed by atoms with E-state index in [0.717, 1.165) is 0 Å². The highest BCUT2D eigenvalue weighted by atomic mass is 127. The number of hydrogen-bond acceptors (Lipinski definition) is 2. The van der Waals surface area contributed by atoms with Crippen molar-refractivity contribution in [3.05, 3.63) is 20.4 Å². The molecule has 1 rings (SSSR count). The molecule has 0 unspecified atom stereocenters. The molecule has 0 aliphatic carbocycles. The molecule has 72 valence electrons. The molecule has 0 N–H and O–H groups in total. The quantitative estimate of drug-likeness (QED) is 0.561. The van der Waals surface area contributed by atoms with Crippen molar-refractivity contribution < 1.29 is 17.9 Å². The van der Waals surface area contributed by atoms with Crippen molar-refractivity contribution in [2.75, 3.05) is 0 Å². The summed E-state index contributed by atoms with van der Waals surface area (Å²) in [4.78, 5) is 3.76. The summed E-state index contributed by atoms with van der Waals surface area (Å²) in [6.45, 7) is 0. The molecular formula is C6H2BrF3INO. The fourth-order valence-corrected chi connectivity index (χ4v) is 1.32. The van der Waals surface area contributed by atoms with E-state index in [4.69, 9.17) is 0 Å². The second-order valence-electron chi connectivity index (χ2n) is 1.99. The largest absolute Gasteiger partial charge is 0.573 e. The SMILES string of the molecule is FC(F)(F)Oc1cc(I)ncc1Br. The van der Waals surface area contributed by atoms with E-state index in [0.29, 0.717) is 3.70 Å². The second kappa shape index (κ2) is 3.99. The Morgan fingerprint density at radius 1 is 1.46 bits per heavy atom. The van der Waals surface area contributed by atoms with Crippen LogP contribution in [0.3, 0.4) is 0 Å². The van der Waals surface area contributed by atoms with Gasteiger partial charge in [-0.2, -0.15) is 0 Å². The molecule has 0 aromatic carbocycles. The summed E-state index contributed by atoms with van der Waals surface area (Å²) >= 11 is 4.69. The van der Waals surface area contributed by atoms with Gasteiger partial charge >= 0.3 is 6.36 Å². The summed E-state index contributed by atoms with van der Waals surface area (Å²) in [6, 6.07) is 1.19. The van der Waals surface area contributed by atoms with E-state index in [2.05, 4.69) is 25.7 Å². The fourth-order valence-electron chi connectivity index (χ4n) is 0.599. The van der Waals surface area contributed by atoms with Gasteiger partial charge in [0.15, 0.2) is 0 Å². The van der Waals surface area contributed by atoms with E-state index in [1.807, 2.05) is 0 Å². The Morgan fingerprint density at radius 2 is 2.08 bits per heavy atom. The topological polar surface area (TPSA) is 22.1 Å². The molecule has 0 radical (unpaired) electrons. The summed E-state index contributed by atoms with van der Waals surface area (Å²) in [5.41, 5.74) is 0. The Kier molecular flexibility index (Phi) is 3.38. The molecule has 0 aliphatic heterocycles. The summed E-state index contributed by atoms with van der Waals surface area (Å²) in [6.07, 6.45) is -3.42. The standard InChI is InChI=1S/C6H2BrF3INO/c7-3-2-12-5(11)1-4(3)13-6(8,9)10/h1-2H. The van der Waals surface area contributed by atoms with Gasteiger partial charge in [-0.1, -0.05) is 0 Å². The maximum Gasteiger partial charge on any atom is 0.573 e. The summed E-state index contributed by atoms with van der Waals surface area (Å²) < 4.78 is 39.7. The van der Waals surface area contributed by atoms with Crippen LogP contribution in [0.5, 0.6) is 5.75 Å². The second-order valence-corrected chi connectivity index (χ2v) is 3.94. The Bertz CT molecular complexity index is 317. The van der Waals surface area contributed by atoms with E-state index in [9.17, 15) is 13.2 Å². The van der Waals surface area contributed by atoms with Crippen molar-refractivity contribution in [1.29, 1.82) is 0 Å². The van der Waals surface area contributed by atoms with Gasteiger partial charge < -0.3 is 4.74 Å². The van der Waals surface area contributed by atoms with Gasteiger partial charge in [-0.15, -0.1) is 13.2 Å². The molecule has 0 bridgehead atoms. The molecule has 7 heteroatoms. The molecular weight excluding hydrogens is 366 g/mol. The van der Waals surface area contributed by atoms with Crippen molar-refractivity contribution in [2.24, 2.45) is 0 Å². The maximum absolute atomic E-state index is 11.8. The van der Waals surface area contributed by atoms with Crippen LogP contribution in [0.2, 0.25) is 0 Å². The van der Waals surface area contributed by atoms with Gasteiger partial charge in [0.25, 0.3) is 0 Å². The molecule has 0 atom stereocenters. The number of nitrogens with zero attached hydrogens (tertiary/aromatic N) is 1. The molecule has 0 spiro atoms. The third kappa shape index (κ3) is 3.67. The minimum atomic E-state index is -4.67. The van der Waals surface area contributed by atoms with Crippen LogP contribution in [0.25, 0.3) is 0 Å². The third-order valence-electron chi connectivity index (χ3n) is 1.01. The van der Waals surface area contributed by atoms with Crippen molar-refractivity contribution in [3.8, 4) is 5.75 Å². The van der Waals surface area contributed by atoms with Crippen LogP contribution in [0.1, 0.15) is 0 Å². The molecule has 0 amide bonds. The monoisotopic (exact) mass is 367 g/mol. The Morgan fingerprint density at radius 3 is 2.62 bits per heavy atom. The lowest BCUT2D eigenvalue weighted by Crippen LogP contribution is -2.17. The molecule has 13 heavy (non-hydrogen) atoms. The minimum absolute atomic E-state index is 0.172. The lowest BCUT2D eigenvalue weighted by molar-refractivity contribution is -0.274. The zero-order chi connectivity index (χ0) is 10.1. The lowest BCUT2D eigenvalue weighted by Gasteiger charge is -2.09. The fraction of sp³-hybridized carbons (Fsp3) is 0.167. The van der Waals surface area contributed by atoms with Crippen molar-refractivity contribution >= 4 is 38.5 Å². The van der Waals surface area contributed by atoms with Crippen LogP contribution < -0.4 is 4.74 Å². The van der Waals surface area contributed by atoms with Crippen molar-refractivity contribution in [3.63, 3.8) is 0 Å². The molecule has 0 saturated heterocycles. The average Bonchev–Trinajstić information content (AvgIpc) is 1.94. The molecule has 1 aromatic heterocycles. The summed E-state index contributed by atoms with van der Waals surface area (Å²) in [5.74, 6) is -0.285. The van der Waals surface area contributed by atoms with Crippen LogP contribution in [0.15, 0.2) is 16.7 Å². The number of rotatable bonds is 1. The highest BCUT2D eigenvalue weighted by molar-refractivity contribution is 14.1. The first-order valence-electron chi connectivity index (χ1n) is 2.95. The van der Waals surface area contributed by atoms with Crippen LogP contribution >= 0.6 is 38.5 Å².